The van der Waals surface area contributed by atoms with Gasteiger partial charge in [-0.15, -0.1) is 12.8 Å². The second-order valence-corrected chi connectivity index (χ2v) is 7.51. The Morgan fingerprint density at radius 2 is 2.08 bits per heavy atom. The van der Waals surface area contributed by atoms with Crippen LogP contribution in [0.4, 0.5) is 10.1 Å². The van der Waals surface area contributed by atoms with Gasteiger partial charge in [-0.2, -0.15) is 4.31 Å². The molecule has 0 unspecified atom stereocenters. The topological polar surface area (TPSA) is 49.9 Å². The molecule has 1 saturated heterocycles. The maximum atomic E-state index is 14.3. The van der Waals surface area contributed by atoms with Crippen molar-refractivity contribution in [1.29, 1.82) is 0 Å². The number of hydrogen-bond acceptors (Lipinski definition) is 4. The van der Waals surface area contributed by atoms with Gasteiger partial charge in [0, 0.05) is 30.9 Å². The number of benzene rings is 1. The number of hydrogen-bond donors (Lipinski definition) is 0. The van der Waals surface area contributed by atoms with Crippen molar-refractivity contribution in [1.82, 2.24) is 4.31 Å². The summed E-state index contributed by atoms with van der Waals surface area (Å²) in [6.45, 7) is 4.38. The van der Waals surface area contributed by atoms with Crippen LogP contribution < -0.4 is 4.90 Å². The van der Waals surface area contributed by atoms with E-state index in [0.29, 0.717) is 25.3 Å². The van der Waals surface area contributed by atoms with Crippen molar-refractivity contribution in [2.45, 2.75) is 26.3 Å². The van der Waals surface area contributed by atoms with Crippen LogP contribution in [0.25, 0.3) is 0 Å². The number of halogens is 1. The van der Waals surface area contributed by atoms with E-state index in [2.05, 4.69) is 12.8 Å². The Labute approximate surface area is 144 Å². The molecule has 134 valence electrons. The highest BCUT2D eigenvalue weighted by atomic mass is 32.2. The fourth-order valence-corrected chi connectivity index (χ4v) is 3.35. The lowest BCUT2D eigenvalue weighted by atomic mass is 10.1. The molecule has 1 fully saturated rings. The Balaban J connectivity index is 0.00000139. The standard InChI is InChI=1S/C15H23FN2O3S.C2H2/c1-3-7-18(22(2,19)20)11-13-5-6-14(10-15(13)16)17-8-4-9-21-12-17;1-2/h5-6,10H,3-4,7-9,11-12H2,1-2H3;1-2H. The molecule has 1 aromatic rings. The number of rotatable bonds is 6. The summed E-state index contributed by atoms with van der Waals surface area (Å²) in [5.74, 6) is -0.382. The van der Waals surface area contributed by atoms with Crippen LogP contribution in [-0.2, 0) is 21.3 Å². The van der Waals surface area contributed by atoms with Gasteiger partial charge in [0.1, 0.15) is 12.5 Å². The minimum atomic E-state index is -3.34. The quantitative estimate of drug-likeness (QED) is 0.735. The van der Waals surface area contributed by atoms with Gasteiger partial charge in [0.25, 0.3) is 0 Å². The highest BCUT2D eigenvalue weighted by molar-refractivity contribution is 7.88. The van der Waals surface area contributed by atoms with E-state index in [0.717, 1.165) is 31.5 Å². The first kappa shape index (κ1) is 20.4. The van der Waals surface area contributed by atoms with E-state index in [9.17, 15) is 12.8 Å². The average Bonchev–Trinajstić information content (AvgIpc) is 2.57. The minimum Gasteiger partial charge on any atom is -0.361 e. The van der Waals surface area contributed by atoms with Gasteiger partial charge in [0.15, 0.2) is 0 Å². The third-order valence-electron chi connectivity index (χ3n) is 3.65. The van der Waals surface area contributed by atoms with Gasteiger partial charge in [-0.05, 0) is 25.0 Å². The first-order valence-electron chi connectivity index (χ1n) is 7.81. The summed E-state index contributed by atoms with van der Waals surface area (Å²) >= 11 is 0. The van der Waals surface area contributed by atoms with Gasteiger partial charge in [-0.1, -0.05) is 13.0 Å². The monoisotopic (exact) mass is 356 g/mol. The smallest absolute Gasteiger partial charge is 0.211 e. The van der Waals surface area contributed by atoms with Crippen molar-refractivity contribution in [2.75, 3.05) is 37.6 Å². The van der Waals surface area contributed by atoms with Crippen molar-refractivity contribution in [3.63, 3.8) is 0 Å². The van der Waals surface area contributed by atoms with Gasteiger partial charge in [-0.25, -0.2) is 12.8 Å². The summed E-state index contributed by atoms with van der Waals surface area (Å²) < 4.78 is 44.4. The van der Waals surface area contributed by atoms with Crippen molar-refractivity contribution in [2.24, 2.45) is 0 Å². The molecule has 1 heterocycles. The van der Waals surface area contributed by atoms with Crippen LogP contribution in [-0.4, -0.2) is 45.4 Å². The fraction of sp³-hybridized carbons (Fsp3) is 0.529. The van der Waals surface area contributed by atoms with Crippen molar-refractivity contribution in [3.05, 3.63) is 29.6 Å². The lowest BCUT2D eigenvalue weighted by Crippen LogP contribution is -2.33. The number of sulfonamides is 1. The van der Waals surface area contributed by atoms with Gasteiger partial charge in [0.2, 0.25) is 10.0 Å². The molecular formula is C17H25FN2O3S. The van der Waals surface area contributed by atoms with Crippen molar-refractivity contribution >= 4 is 15.7 Å². The molecule has 24 heavy (non-hydrogen) atoms. The minimum absolute atomic E-state index is 0.0648. The van der Waals surface area contributed by atoms with Crippen LogP contribution in [0.5, 0.6) is 0 Å². The maximum absolute atomic E-state index is 14.3. The van der Waals surface area contributed by atoms with Gasteiger partial charge in [-0.3, -0.25) is 0 Å². The van der Waals surface area contributed by atoms with Crippen LogP contribution in [0, 0.1) is 18.7 Å². The van der Waals surface area contributed by atoms with E-state index in [-0.39, 0.29) is 12.4 Å². The lowest BCUT2D eigenvalue weighted by molar-refractivity contribution is 0.107. The Morgan fingerprint density at radius 1 is 1.38 bits per heavy atom. The summed E-state index contributed by atoms with van der Waals surface area (Å²) in [6, 6.07) is 4.93. The van der Waals surface area contributed by atoms with Gasteiger partial charge >= 0.3 is 0 Å². The molecule has 1 aliphatic rings. The van der Waals surface area contributed by atoms with Gasteiger partial charge < -0.3 is 9.64 Å². The van der Waals surface area contributed by atoms with E-state index in [1.54, 1.807) is 6.07 Å². The molecule has 0 N–H and O–H groups in total. The van der Waals surface area contributed by atoms with Crippen molar-refractivity contribution in [3.8, 4) is 12.8 Å². The summed E-state index contributed by atoms with van der Waals surface area (Å²) in [7, 11) is -3.34. The molecule has 0 spiro atoms. The SMILES string of the molecule is C#C.CCCN(Cc1ccc(N2CCCOC2)cc1F)S(C)(=O)=O. The molecule has 0 aromatic heterocycles. The van der Waals surface area contributed by atoms with E-state index in [4.69, 9.17) is 4.74 Å². The Bertz CT molecular complexity index is 640. The highest BCUT2D eigenvalue weighted by Crippen LogP contribution is 2.22. The second kappa shape index (κ2) is 9.62. The highest BCUT2D eigenvalue weighted by Gasteiger charge is 2.19. The van der Waals surface area contributed by atoms with Crippen molar-refractivity contribution < 1.29 is 17.5 Å². The number of ether oxygens (including phenoxy) is 1. The number of nitrogens with zero attached hydrogens (tertiary/aromatic N) is 2. The number of anilines is 1. The molecule has 0 aliphatic carbocycles. The van der Waals surface area contributed by atoms with E-state index >= 15 is 0 Å². The molecule has 0 saturated carbocycles. The Hall–Kier alpha value is -1.62. The zero-order valence-electron chi connectivity index (χ0n) is 14.2. The third-order valence-corrected chi connectivity index (χ3v) is 4.90. The summed E-state index contributed by atoms with van der Waals surface area (Å²) in [4.78, 5) is 1.97. The Kier molecular flexibility index (Phi) is 8.19. The zero-order chi connectivity index (χ0) is 18.2. The van der Waals surface area contributed by atoms with Crippen LogP contribution in [0.3, 0.4) is 0 Å². The normalized spacial score (nSPS) is 15.0. The molecular weight excluding hydrogens is 331 g/mol. The lowest BCUT2D eigenvalue weighted by Gasteiger charge is -2.29. The van der Waals surface area contributed by atoms with E-state index in [1.165, 1.54) is 10.4 Å². The average molecular weight is 356 g/mol. The number of terminal acetylenes is 1. The molecule has 0 bridgehead atoms. The van der Waals surface area contributed by atoms with E-state index < -0.39 is 10.0 Å². The summed E-state index contributed by atoms with van der Waals surface area (Å²) in [5, 5.41) is 0. The molecule has 1 aromatic carbocycles. The van der Waals surface area contributed by atoms with Crippen LogP contribution in [0.2, 0.25) is 0 Å². The third kappa shape index (κ3) is 5.78. The molecule has 0 amide bonds. The largest absolute Gasteiger partial charge is 0.361 e. The molecule has 0 radical (unpaired) electrons. The predicted octanol–water partition coefficient (Wildman–Crippen LogP) is 2.43. The first-order valence-corrected chi connectivity index (χ1v) is 9.66. The first-order chi connectivity index (χ1) is 11.4. The van der Waals surface area contributed by atoms with Gasteiger partial charge in [0.05, 0.1) is 12.9 Å². The molecule has 0 atom stereocenters. The second-order valence-electron chi connectivity index (χ2n) is 5.53. The van der Waals surface area contributed by atoms with E-state index in [1.807, 2.05) is 17.9 Å². The molecule has 1 aliphatic heterocycles. The molecule has 7 heteroatoms. The van der Waals surface area contributed by atoms with Crippen LogP contribution in [0.1, 0.15) is 25.3 Å². The summed E-state index contributed by atoms with van der Waals surface area (Å²) in [5.41, 5.74) is 1.16. The molecule has 5 nitrogen and oxygen atoms in total. The Morgan fingerprint density at radius 3 is 2.58 bits per heavy atom. The molecule has 2 rings (SSSR count). The fourth-order valence-electron chi connectivity index (χ4n) is 2.46. The van der Waals surface area contributed by atoms with Crippen LogP contribution >= 0.6 is 0 Å². The maximum Gasteiger partial charge on any atom is 0.211 e. The predicted molar refractivity (Wildman–Crippen MR) is 94.6 cm³/mol. The zero-order valence-corrected chi connectivity index (χ0v) is 15.1. The summed E-state index contributed by atoms with van der Waals surface area (Å²) in [6.07, 6.45) is 10.8. The van der Waals surface area contributed by atoms with Crippen LogP contribution in [0.15, 0.2) is 18.2 Å².